The summed E-state index contributed by atoms with van der Waals surface area (Å²) in [6.07, 6.45) is -0.421. The molecule has 0 saturated carbocycles. The van der Waals surface area contributed by atoms with Gasteiger partial charge >= 0.3 is 0 Å². The van der Waals surface area contributed by atoms with E-state index in [0.29, 0.717) is 23.5 Å². The Kier molecular flexibility index (Phi) is 4.05. The van der Waals surface area contributed by atoms with Crippen LogP contribution in [0.4, 0.5) is 4.39 Å². The number of nitrogens with zero attached hydrogens (tertiary/aromatic N) is 4. The average Bonchev–Trinajstić information content (AvgIpc) is 3.14. The van der Waals surface area contributed by atoms with Crippen molar-refractivity contribution in [2.45, 2.75) is 26.0 Å². The fraction of sp³-hybridized carbons (Fsp3) is 0.333. The molecule has 2 heterocycles. The second kappa shape index (κ2) is 6.15. The van der Waals surface area contributed by atoms with Crippen molar-refractivity contribution < 1.29 is 14.0 Å². The molecule has 1 unspecified atom stereocenters. The molecule has 1 N–H and O–H groups in total. The van der Waals surface area contributed by atoms with Crippen LogP contribution >= 0.6 is 0 Å². The van der Waals surface area contributed by atoms with E-state index in [1.807, 2.05) is 14.0 Å². The van der Waals surface area contributed by atoms with E-state index >= 15 is 0 Å². The van der Waals surface area contributed by atoms with Crippen molar-refractivity contribution in [3.05, 3.63) is 47.3 Å². The van der Waals surface area contributed by atoms with Gasteiger partial charge in [0.25, 0.3) is 5.91 Å². The third-order valence-corrected chi connectivity index (χ3v) is 3.72. The van der Waals surface area contributed by atoms with Crippen molar-refractivity contribution in [1.82, 2.24) is 20.1 Å². The standard InChI is InChI=1S/C15H16FN5O2/c1-9-18-19-14(21(9)2)8-17-15(22)13-7-12(20-23-13)10-4-3-5-11(16)6-10/h3-6,13H,7-8H2,1-2H3,(H,17,22). The van der Waals surface area contributed by atoms with Gasteiger partial charge in [-0.05, 0) is 19.1 Å². The smallest absolute Gasteiger partial charge is 0.264 e. The van der Waals surface area contributed by atoms with Crippen molar-refractivity contribution >= 4 is 11.6 Å². The van der Waals surface area contributed by atoms with Crippen molar-refractivity contribution in [2.24, 2.45) is 12.2 Å². The summed E-state index contributed by atoms with van der Waals surface area (Å²) in [6.45, 7) is 2.09. The lowest BCUT2D eigenvalue weighted by Gasteiger charge is -2.09. The van der Waals surface area contributed by atoms with Gasteiger partial charge < -0.3 is 14.7 Å². The molecule has 0 fully saturated rings. The minimum Gasteiger partial charge on any atom is -0.382 e. The van der Waals surface area contributed by atoms with E-state index in [1.165, 1.54) is 12.1 Å². The highest BCUT2D eigenvalue weighted by Gasteiger charge is 2.29. The topological polar surface area (TPSA) is 81.4 Å². The summed E-state index contributed by atoms with van der Waals surface area (Å²) < 4.78 is 15.0. The van der Waals surface area contributed by atoms with Gasteiger partial charge in [-0.15, -0.1) is 10.2 Å². The minimum absolute atomic E-state index is 0.255. The lowest BCUT2D eigenvalue weighted by atomic mass is 10.0. The van der Waals surface area contributed by atoms with Crippen LogP contribution < -0.4 is 5.32 Å². The van der Waals surface area contributed by atoms with Gasteiger partial charge in [0.05, 0.1) is 12.3 Å². The molecule has 1 aromatic heterocycles. The third-order valence-electron chi connectivity index (χ3n) is 3.72. The summed E-state index contributed by atoms with van der Waals surface area (Å²) in [5.74, 6) is 0.778. The van der Waals surface area contributed by atoms with Crippen molar-refractivity contribution in [2.75, 3.05) is 0 Å². The van der Waals surface area contributed by atoms with Gasteiger partial charge in [-0.1, -0.05) is 17.3 Å². The maximum absolute atomic E-state index is 13.2. The van der Waals surface area contributed by atoms with Crippen LogP contribution in [0.15, 0.2) is 29.4 Å². The number of halogens is 1. The minimum atomic E-state index is -0.720. The summed E-state index contributed by atoms with van der Waals surface area (Å²) in [4.78, 5) is 17.3. The number of aryl methyl sites for hydroxylation is 1. The molecule has 0 radical (unpaired) electrons. The van der Waals surface area contributed by atoms with Crippen molar-refractivity contribution in [3.63, 3.8) is 0 Å². The van der Waals surface area contributed by atoms with Crippen LogP contribution in [0.25, 0.3) is 0 Å². The zero-order valence-corrected chi connectivity index (χ0v) is 12.8. The Bertz CT molecular complexity index is 771. The van der Waals surface area contributed by atoms with Gasteiger partial charge in [-0.25, -0.2) is 4.39 Å². The third kappa shape index (κ3) is 3.20. The normalized spacial score (nSPS) is 16.8. The highest BCUT2D eigenvalue weighted by Crippen LogP contribution is 2.17. The number of hydrogen-bond acceptors (Lipinski definition) is 5. The molecule has 3 rings (SSSR count). The number of carbonyl (C=O) groups excluding carboxylic acids is 1. The Balaban J connectivity index is 1.57. The van der Waals surface area contributed by atoms with Crippen LogP contribution in [-0.4, -0.2) is 32.5 Å². The van der Waals surface area contributed by atoms with Gasteiger partial charge in [0.1, 0.15) is 11.6 Å². The van der Waals surface area contributed by atoms with Crippen molar-refractivity contribution in [1.29, 1.82) is 0 Å². The summed E-state index contributed by atoms with van der Waals surface area (Å²) >= 11 is 0. The maximum Gasteiger partial charge on any atom is 0.264 e. The van der Waals surface area contributed by atoms with E-state index in [-0.39, 0.29) is 18.3 Å². The Hall–Kier alpha value is -2.77. The molecule has 0 bridgehead atoms. The number of oxime groups is 1. The Labute approximate surface area is 132 Å². The van der Waals surface area contributed by atoms with Gasteiger partial charge in [0, 0.05) is 19.0 Å². The lowest BCUT2D eigenvalue weighted by molar-refractivity contribution is -0.131. The fourth-order valence-electron chi connectivity index (χ4n) is 2.24. The number of benzene rings is 1. The zero-order chi connectivity index (χ0) is 16.4. The maximum atomic E-state index is 13.2. The molecular weight excluding hydrogens is 301 g/mol. The number of carbonyl (C=O) groups is 1. The molecule has 120 valence electrons. The monoisotopic (exact) mass is 317 g/mol. The van der Waals surface area contributed by atoms with Crippen molar-refractivity contribution in [3.8, 4) is 0 Å². The number of rotatable bonds is 4. The highest BCUT2D eigenvalue weighted by molar-refractivity contribution is 6.04. The first-order chi connectivity index (χ1) is 11.0. The highest BCUT2D eigenvalue weighted by atomic mass is 19.1. The fourth-order valence-corrected chi connectivity index (χ4v) is 2.24. The van der Waals surface area contributed by atoms with E-state index in [4.69, 9.17) is 4.84 Å². The number of aromatic nitrogens is 3. The van der Waals surface area contributed by atoms with E-state index < -0.39 is 6.10 Å². The Morgan fingerprint density at radius 1 is 1.48 bits per heavy atom. The molecule has 8 heteroatoms. The molecule has 1 aromatic carbocycles. The van der Waals surface area contributed by atoms with E-state index in [0.717, 1.165) is 5.82 Å². The molecule has 2 aromatic rings. The molecule has 0 aliphatic carbocycles. The zero-order valence-electron chi connectivity index (χ0n) is 12.8. The molecule has 23 heavy (non-hydrogen) atoms. The largest absolute Gasteiger partial charge is 0.382 e. The van der Waals surface area contributed by atoms with Crippen LogP contribution in [0.1, 0.15) is 23.6 Å². The predicted octanol–water partition coefficient (Wildman–Crippen LogP) is 1.07. The summed E-state index contributed by atoms with van der Waals surface area (Å²) in [5, 5.41) is 14.5. The molecule has 0 spiro atoms. The summed E-state index contributed by atoms with van der Waals surface area (Å²) in [7, 11) is 1.83. The molecule has 0 saturated heterocycles. The second-order valence-corrected chi connectivity index (χ2v) is 5.29. The Morgan fingerprint density at radius 3 is 3.00 bits per heavy atom. The lowest BCUT2D eigenvalue weighted by Crippen LogP contribution is -2.35. The second-order valence-electron chi connectivity index (χ2n) is 5.29. The Morgan fingerprint density at radius 2 is 2.30 bits per heavy atom. The summed E-state index contributed by atoms with van der Waals surface area (Å²) in [6, 6.07) is 6.04. The molecule has 1 aliphatic rings. The van der Waals surface area contributed by atoms with E-state index in [2.05, 4.69) is 20.7 Å². The van der Waals surface area contributed by atoms with Gasteiger partial charge in [0.2, 0.25) is 6.10 Å². The first kappa shape index (κ1) is 15.1. The van der Waals surface area contributed by atoms with E-state index in [9.17, 15) is 9.18 Å². The first-order valence-electron chi connectivity index (χ1n) is 7.16. The van der Waals surface area contributed by atoms with E-state index in [1.54, 1.807) is 16.7 Å². The van der Waals surface area contributed by atoms with Crippen LogP contribution in [0.5, 0.6) is 0 Å². The van der Waals surface area contributed by atoms with Gasteiger partial charge in [-0.2, -0.15) is 0 Å². The summed E-state index contributed by atoms with van der Waals surface area (Å²) in [5.41, 5.74) is 1.17. The predicted molar refractivity (Wildman–Crippen MR) is 80.0 cm³/mol. The van der Waals surface area contributed by atoms with Crippen LogP contribution in [0, 0.1) is 12.7 Å². The van der Waals surface area contributed by atoms with Crippen LogP contribution in [0.2, 0.25) is 0 Å². The number of nitrogens with one attached hydrogen (secondary N) is 1. The number of hydrogen-bond donors (Lipinski definition) is 1. The quantitative estimate of drug-likeness (QED) is 0.914. The molecule has 1 atom stereocenters. The molecule has 1 aliphatic heterocycles. The molecule has 7 nitrogen and oxygen atoms in total. The SMILES string of the molecule is Cc1nnc(CNC(=O)C2CC(c3cccc(F)c3)=NO2)n1C. The van der Waals surface area contributed by atoms with Gasteiger partial charge in [-0.3, -0.25) is 4.79 Å². The average molecular weight is 317 g/mol. The molecular formula is C15H16FN5O2. The first-order valence-corrected chi connectivity index (χ1v) is 7.16. The van der Waals surface area contributed by atoms with Crippen LogP contribution in [0.3, 0.4) is 0 Å². The molecule has 1 amide bonds. The van der Waals surface area contributed by atoms with Crippen LogP contribution in [-0.2, 0) is 23.2 Å². The number of amides is 1. The van der Waals surface area contributed by atoms with Gasteiger partial charge in [0.15, 0.2) is 5.82 Å².